The third-order valence-electron chi connectivity index (χ3n) is 3.59. The van der Waals surface area contributed by atoms with E-state index in [0.717, 1.165) is 5.56 Å². The Bertz CT molecular complexity index is 862. The van der Waals surface area contributed by atoms with Crippen LogP contribution in [0.4, 0.5) is 19.0 Å². The molecule has 0 aliphatic rings. The number of nitrogens with one attached hydrogen (secondary N) is 1. The number of halogens is 3. The third-order valence-corrected chi connectivity index (χ3v) is 3.59. The van der Waals surface area contributed by atoms with Gasteiger partial charge in [-0.05, 0) is 24.6 Å². The van der Waals surface area contributed by atoms with Crippen LogP contribution < -0.4 is 10.1 Å². The van der Waals surface area contributed by atoms with E-state index in [1.807, 2.05) is 0 Å². The maximum Gasteiger partial charge on any atom is 0.389 e. The lowest BCUT2D eigenvalue weighted by Crippen LogP contribution is -2.12. The third kappa shape index (κ3) is 3.98. The lowest BCUT2D eigenvalue weighted by molar-refractivity contribution is -0.134. The van der Waals surface area contributed by atoms with Gasteiger partial charge >= 0.3 is 6.18 Å². The fourth-order valence-electron chi connectivity index (χ4n) is 2.41. The number of hydrogen-bond acceptors (Lipinski definition) is 5. The van der Waals surface area contributed by atoms with E-state index in [4.69, 9.17) is 4.74 Å². The Balaban J connectivity index is 1.82. The van der Waals surface area contributed by atoms with Gasteiger partial charge in [0.2, 0.25) is 0 Å². The average molecular weight is 351 g/mol. The molecule has 3 aromatic rings. The molecule has 0 aromatic carbocycles. The van der Waals surface area contributed by atoms with E-state index < -0.39 is 12.6 Å². The molecule has 0 amide bonds. The Kier molecular flexibility index (Phi) is 4.73. The molecule has 0 fully saturated rings. The summed E-state index contributed by atoms with van der Waals surface area (Å²) in [4.78, 5) is 8.30. The molecule has 25 heavy (non-hydrogen) atoms. The van der Waals surface area contributed by atoms with Crippen molar-refractivity contribution in [2.24, 2.45) is 0 Å². The van der Waals surface area contributed by atoms with Gasteiger partial charge in [0, 0.05) is 24.7 Å². The molecule has 9 heteroatoms. The van der Waals surface area contributed by atoms with Crippen molar-refractivity contribution in [2.45, 2.75) is 19.0 Å². The zero-order valence-electron chi connectivity index (χ0n) is 13.4. The molecule has 3 heterocycles. The first-order valence-electron chi connectivity index (χ1n) is 7.62. The standard InChI is InChI=1S/C16H16F3N5O/c1-25-13-10-20-8-5-11(13)12-9-22-15-4-3-14(23-24(12)15)21-7-2-6-16(17,18)19/h3-5,8-10H,2,6-7H2,1H3,(H,21,23). The molecule has 0 unspecified atom stereocenters. The molecule has 0 spiro atoms. The lowest BCUT2D eigenvalue weighted by atomic mass is 10.2. The van der Waals surface area contributed by atoms with Gasteiger partial charge in [-0.2, -0.15) is 13.2 Å². The van der Waals surface area contributed by atoms with Crippen LogP contribution in [0, 0.1) is 0 Å². The summed E-state index contributed by atoms with van der Waals surface area (Å²) in [6.07, 6.45) is -0.0997. The molecule has 0 saturated carbocycles. The highest BCUT2D eigenvalue weighted by Crippen LogP contribution is 2.29. The quantitative estimate of drug-likeness (QED) is 0.688. The first-order valence-corrected chi connectivity index (χ1v) is 7.62. The van der Waals surface area contributed by atoms with Crippen molar-refractivity contribution in [1.29, 1.82) is 0 Å². The fourth-order valence-corrected chi connectivity index (χ4v) is 2.41. The van der Waals surface area contributed by atoms with E-state index >= 15 is 0 Å². The molecule has 6 nitrogen and oxygen atoms in total. The number of rotatable bonds is 6. The SMILES string of the molecule is COc1cnccc1-c1cnc2ccc(NCCCC(F)(F)F)nn12. The highest BCUT2D eigenvalue weighted by atomic mass is 19.4. The van der Waals surface area contributed by atoms with Gasteiger partial charge in [0.05, 0.1) is 25.2 Å². The van der Waals surface area contributed by atoms with Crippen molar-refractivity contribution < 1.29 is 17.9 Å². The van der Waals surface area contributed by atoms with E-state index in [0.29, 0.717) is 22.9 Å². The average Bonchev–Trinajstić information content (AvgIpc) is 3.01. The lowest BCUT2D eigenvalue weighted by Gasteiger charge is -2.09. The Hall–Kier alpha value is -2.84. The van der Waals surface area contributed by atoms with Gasteiger partial charge in [0.15, 0.2) is 5.65 Å². The van der Waals surface area contributed by atoms with Gasteiger partial charge in [-0.25, -0.2) is 9.50 Å². The van der Waals surface area contributed by atoms with Crippen molar-refractivity contribution in [3.8, 4) is 17.0 Å². The summed E-state index contributed by atoms with van der Waals surface area (Å²) in [6.45, 7) is 0.181. The van der Waals surface area contributed by atoms with Crippen molar-refractivity contribution in [2.75, 3.05) is 19.0 Å². The molecular weight excluding hydrogens is 335 g/mol. The van der Waals surface area contributed by atoms with Crippen LogP contribution in [0.3, 0.4) is 0 Å². The van der Waals surface area contributed by atoms with Crippen molar-refractivity contribution in [3.63, 3.8) is 0 Å². The van der Waals surface area contributed by atoms with Gasteiger partial charge in [-0.1, -0.05) is 0 Å². The molecule has 0 bridgehead atoms. The Morgan fingerprint density at radius 1 is 1.20 bits per heavy atom. The number of aromatic nitrogens is 4. The zero-order chi connectivity index (χ0) is 17.9. The number of nitrogens with zero attached hydrogens (tertiary/aromatic N) is 4. The topological polar surface area (TPSA) is 64.3 Å². The number of alkyl halides is 3. The van der Waals surface area contributed by atoms with Crippen LogP contribution in [0.2, 0.25) is 0 Å². The molecule has 0 saturated heterocycles. The van der Waals surface area contributed by atoms with Crippen LogP contribution in [0.15, 0.2) is 36.8 Å². The first-order chi connectivity index (χ1) is 12.0. The van der Waals surface area contributed by atoms with E-state index in [1.165, 1.54) is 0 Å². The highest BCUT2D eigenvalue weighted by molar-refractivity contribution is 5.69. The first kappa shape index (κ1) is 17.0. The summed E-state index contributed by atoms with van der Waals surface area (Å²) in [5.74, 6) is 1.05. The minimum Gasteiger partial charge on any atom is -0.494 e. The van der Waals surface area contributed by atoms with Gasteiger partial charge in [0.25, 0.3) is 0 Å². The second kappa shape index (κ2) is 6.96. The molecule has 132 valence electrons. The van der Waals surface area contributed by atoms with E-state index in [-0.39, 0.29) is 13.0 Å². The zero-order valence-corrected chi connectivity index (χ0v) is 13.4. The van der Waals surface area contributed by atoms with Crippen LogP contribution in [0.25, 0.3) is 16.9 Å². The summed E-state index contributed by atoms with van der Waals surface area (Å²) < 4.78 is 43.5. The van der Waals surface area contributed by atoms with Crippen molar-refractivity contribution in [1.82, 2.24) is 19.6 Å². The molecule has 0 radical (unpaired) electrons. The van der Waals surface area contributed by atoms with Crippen LogP contribution >= 0.6 is 0 Å². The van der Waals surface area contributed by atoms with E-state index in [1.54, 1.807) is 48.4 Å². The largest absolute Gasteiger partial charge is 0.494 e. The molecule has 3 aromatic heterocycles. The molecule has 0 aliphatic carbocycles. The van der Waals surface area contributed by atoms with Crippen LogP contribution in [-0.4, -0.2) is 39.4 Å². The monoisotopic (exact) mass is 351 g/mol. The molecule has 3 rings (SSSR count). The number of fused-ring (bicyclic) bond motifs is 1. The van der Waals surface area contributed by atoms with Crippen LogP contribution in [0.1, 0.15) is 12.8 Å². The van der Waals surface area contributed by atoms with E-state index in [9.17, 15) is 13.2 Å². The van der Waals surface area contributed by atoms with Gasteiger partial charge in [-0.3, -0.25) is 4.98 Å². The fraction of sp³-hybridized carbons (Fsp3) is 0.312. The minimum atomic E-state index is -4.14. The summed E-state index contributed by atoms with van der Waals surface area (Å²) in [5, 5.41) is 7.31. The Morgan fingerprint density at radius 2 is 2.04 bits per heavy atom. The maximum atomic E-state index is 12.2. The maximum absolute atomic E-state index is 12.2. The number of anilines is 1. The summed E-state index contributed by atoms with van der Waals surface area (Å²) in [5.41, 5.74) is 2.09. The predicted octanol–water partition coefficient (Wildman–Crippen LogP) is 3.55. The predicted molar refractivity (Wildman–Crippen MR) is 86.5 cm³/mol. The summed E-state index contributed by atoms with van der Waals surface area (Å²) in [7, 11) is 1.55. The number of hydrogen-bond donors (Lipinski definition) is 1. The normalized spacial score (nSPS) is 11.7. The molecule has 0 atom stereocenters. The van der Waals surface area contributed by atoms with E-state index in [2.05, 4.69) is 20.4 Å². The number of imidazole rings is 1. The molecule has 1 N–H and O–H groups in total. The van der Waals surface area contributed by atoms with Gasteiger partial charge in [-0.15, -0.1) is 5.10 Å². The minimum absolute atomic E-state index is 0.0157. The van der Waals surface area contributed by atoms with Crippen molar-refractivity contribution >= 4 is 11.5 Å². The van der Waals surface area contributed by atoms with Crippen LogP contribution in [0.5, 0.6) is 5.75 Å². The second-order valence-electron chi connectivity index (χ2n) is 5.35. The molecular formula is C16H16F3N5O. The van der Waals surface area contributed by atoms with Gasteiger partial charge in [0.1, 0.15) is 11.6 Å². The smallest absolute Gasteiger partial charge is 0.389 e. The number of ether oxygens (including phenoxy) is 1. The Morgan fingerprint density at radius 3 is 2.80 bits per heavy atom. The highest BCUT2D eigenvalue weighted by Gasteiger charge is 2.25. The second-order valence-corrected chi connectivity index (χ2v) is 5.35. The number of methoxy groups -OCH3 is 1. The summed E-state index contributed by atoms with van der Waals surface area (Å²) >= 11 is 0. The summed E-state index contributed by atoms with van der Waals surface area (Å²) in [6, 6.07) is 5.22. The number of pyridine rings is 1. The Labute approximate surface area is 141 Å². The van der Waals surface area contributed by atoms with Gasteiger partial charge < -0.3 is 10.1 Å². The molecule has 0 aliphatic heterocycles. The van der Waals surface area contributed by atoms with Crippen LogP contribution in [-0.2, 0) is 0 Å². The van der Waals surface area contributed by atoms with Crippen molar-refractivity contribution in [3.05, 3.63) is 36.8 Å².